The van der Waals surface area contributed by atoms with Gasteiger partial charge in [-0.1, -0.05) is 140 Å². The second-order valence-electron chi connectivity index (χ2n) is 17.3. The predicted molar refractivity (Wildman–Crippen MR) is 274 cm³/mol. The van der Waals surface area contributed by atoms with Crippen LogP contribution in [0.15, 0.2) is 218 Å². The molecule has 0 unspecified atom stereocenters. The lowest BCUT2D eigenvalue weighted by atomic mass is 10.1. The predicted octanol–water partition coefficient (Wildman–Crippen LogP) is 14.2. The summed E-state index contributed by atoms with van der Waals surface area (Å²) in [5.74, 6) is 2.24. The smallest absolute Gasteiger partial charge is 0.237 e. The van der Waals surface area contributed by atoms with Gasteiger partial charge in [0.25, 0.3) is 0 Å². The molecule has 15 rings (SSSR count). The van der Waals surface area contributed by atoms with Crippen molar-refractivity contribution in [2.75, 3.05) is 0 Å². The second kappa shape index (κ2) is 13.6. The fraction of sp³-hybridized carbons (Fsp3) is 0. The van der Waals surface area contributed by atoms with Gasteiger partial charge in [-0.2, -0.15) is 4.98 Å². The molecular formula is C59H36N8. The summed E-state index contributed by atoms with van der Waals surface area (Å²) in [4.78, 5) is 16.8. The van der Waals surface area contributed by atoms with Crippen LogP contribution < -0.4 is 0 Å². The fourth-order valence-electron chi connectivity index (χ4n) is 11.0. The third-order valence-corrected chi connectivity index (χ3v) is 13.7. The average molecular weight is 857 g/mol. The van der Waals surface area contributed by atoms with Crippen LogP contribution in [0.2, 0.25) is 0 Å². The van der Waals surface area contributed by atoms with Crippen LogP contribution in [0.3, 0.4) is 0 Å². The summed E-state index contributed by atoms with van der Waals surface area (Å²) in [5.41, 5.74) is 14.4. The van der Waals surface area contributed by atoms with Gasteiger partial charge in [0.05, 0.1) is 61.0 Å². The summed E-state index contributed by atoms with van der Waals surface area (Å²) in [6.45, 7) is 0. The first kappa shape index (κ1) is 36.1. The topological polar surface area (TPSA) is 62.8 Å². The number of nitrogens with zero attached hydrogens (tertiary/aromatic N) is 8. The van der Waals surface area contributed by atoms with Crippen LogP contribution in [0.1, 0.15) is 0 Å². The van der Waals surface area contributed by atoms with Gasteiger partial charge in [0, 0.05) is 49.6 Å². The Morgan fingerprint density at radius 3 is 1.43 bits per heavy atom. The number of hydrogen-bond acceptors (Lipinski definition) is 3. The van der Waals surface area contributed by atoms with Crippen LogP contribution in [0.25, 0.3) is 128 Å². The Balaban J connectivity index is 1.06. The van der Waals surface area contributed by atoms with Crippen LogP contribution in [0.4, 0.5) is 0 Å². The summed E-state index contributed by atoms with van der Waals surface area (Å²) in [7, 11) is 0. The molecule has 67 heavy (non-hydrogen) atoms. The van der Waals surface area contributed by atoms with Crippen molar-refractivity contribution >= 4 is 93.3 Å². The van der Waals surface area contributed by atoms with Gasteiger partial charge < -0.3 is 4.57 Å². The summed E-state index contributed by atoms with van der Waals surface area (Å²) in [6.07, 6.45) is 0. The van der Waals surface area contributed by atoms with Gasteiger partial charge in [0.15, 0.2) is 0 Å². The third-order valence-electron chi connectivity index (χ3n) is 13.7. The van der Waals surface area contributed by atoms with Gasteiger partial charge >= 0.3 is 0 Å². The van der Waals surface area contributed by atoms with Gasteiger partial charge in [-0.3, -0.25) is 18.1 Å². The standard InChI is InChI=1S/C59H36N8/c1-2-18-37(19-3-1)63-52-32-16-17-33-53(52)67-54-35-34-43-42-24-8-12-28-48(42)65(57(43)56(54)62-59(63)67)51-31-15-9-25-44(51)45-36-55(64-46-26-10-4-20-38(46)39-21-5-11-27-47(39)64)61-58(60-45)66-49-29-13-6-22-40(49)41-23-7-14-30-50(41)66/h1-36H. The summed E-state index contributed by atoms with van der Waals surface area (Å²) in [5, 5.41) is 6.94. The van der Waals surface area contributed by atoms with Crippen molar-refractivity contribution in [3.63, 3.8) is 0 Å². The quantitative estimate of drug-likeness (QED) is 0.173. The Morgan fingerprint density at radius 1 is 0.313 bits per heavy atom. The Labute approximate surface area is 382 Å². The lowest BCUT2D eigenvalue weighted by Gasteiger charge is -2.17. The van der Waals surface area contributed by atoms with E-state index in [0.29, 0.717) is 5.95 Å². The fourth-order valence-corrected chi connectivity index (χ4v) is 11.0. The minimum absolute atomic E-state index is 0.594. The largest absolute Gasteiger partial charge is 0.306 e. The van der Waals surface area contributed by atoms with E-state index in [-0.39, 0.29) is 0 Å². The molecule has 8 heteroatoms. The van der Waals surface area contributed by atoms with Crippen LogP contribution in [0, 0.1) is 0 Å². The zero-order valence-corrected chi connectivity index (χ0v) is 35.9. The lowest BCUT2D eigenvalue weighted by molar-refractivity contribution is 0.951. The molecule has 0 amide bonds. The monoisotopic (exact) mass is 856 g/mol. The molecule has 6 aromatic heterocycles. The minimum Gasteiger partial charge on any atom is -0.306 e. The maximum absolute atomic E-state index is 5.63. The number of rotatable bonds is 5. The molecule has 0 saturated carbocycles. The van der Waals surface area contributed by atoms with Crippen LogP contribution >= 0.6 is 0 Å². The first-order valence-corrected chi connectivity index (χ1v) is 22.6. The maximum atomic E-state index is 5.63. The van der Waals surface area contributed by atoms with E-state index >= 15 is 0 Å². The normalized spacial score (nSPS) is 12.2. The Morgan fingerprint density at radius 2 is 0.806 bits per heavy atom. The van der Waals surface area contributed by atoms with Crippen molar-refractivity contribution in [1.82, 2.24) is 37.6 Å². The maximum Gasteiger partial charge on any atom is 0.237 e. The SMILES string of the molecule is c1ccc(-n2c3ccccc3n3c4ccc5c6ccccc6n(-c6ccccc6-c6cc(-n7c8ccccc8c8ccccc87)nc(-n7c8ccccc8c8ccccc87)n6)c5c4nc23)cc1. The minimum atomic E-state index is 0.594. The van der Waals surface area contributed by atoms with Crippen molar-refractivity contribution in [2.45, 2.75) is 0 Å². The van der Waals surface area contributed by atoms with Crippen LogP contribution in [-0.2, 0) is 0 Å². The highest BCUT2D eigenvalue weighted by atomic mass is 15.2. The highest BCUT2D eigenvalue weighted by Gasteiger charge is 2.25. The molecule has 0 aliphatic rings. The average Bonchev–Trinajstić information content (AvgIpc) is 4.19. The molecule has 8 nitrogen and oxygen atoms in total. The van der Waals surface area contributed by atoms with Crippen LogP contribution in [0.5, 0.6) is 0 Å². The van der Waals surface area contributed by atoms with Crippen LogP contribution in [-0.4, -0.2) is 37.6 Å². The van der Waals surface area contributed by atoms with E-state index < -0.39 is 0 Å². The number of aromatic nitrogens is 8. The van der Waals surface area contributed by atoms with Gasteiger partial charge in [-0.05, 0) is 72.8 Å². The summed E-state index contributed by atoms with van der Waals surface area (Å²) in [6, 6.07) is 77.5. The molecular weight excluding hydrogens is 821 g/mol. The molecule has 0 fully saturated rings. The molecule has 0 N–H and O–H groups in total. The number of benzene rings is 9. The molecule has 0 bridgehead atoms. The van der Waals surface area contributed by atoms with Crippen molar-refractivity contribution < 1.29 is 0 Å². The van der Waals surface area contributed by atoms with E-state index in [1.165, 1.54) is 10.8 Å². The zero-order chi connectivity index (χ0) is 43.7. The van der Waals surface area contributed by atoms with E-state index in [2.05, 4.69) is 241 Å². The third kappa shape index (κ3) is 4.98. The van der Waals surface area contributed by atoms with Gasteiger partial charge in [0.1, 0.15) is 11.3 Å². The van der Waals surface area contributed by atoms with Gasteiger partial charge in [0.2, 0.25) is 11.7 Å². The van der Waals surface area contributed by atoms with E-state index in [4.69, 9.17) is 15.0 Å². The lowest BCUT2D eigenvalue weighted by Crippen LogP contribution is -2.08. The molecule has 0 saturated heterocycles. The van der Waals surface area contributed by atoms with Gasteiger partial charge in [-0.25, -0.2) is 9.97 Å². The van der Waals surface area contributed by atoms with Crippen molar-refractivity contribution in [3.05, 3.63) is 218 Å². The van der Waals surface area contributed by atoms with Gasteiger partial charge in [-0.15, -0.1) is 0 Å². The van der Waals surface area contributed by atoms with E-state index in [9.17, 15) is 0 Å². The summed E-state index contributed by atoms with van der Waals surface area (Å²) < 4.78 is 11.5. The highest BCUT2D eigenvalue weighted by Crippen LogP contribution is 2.42. The van der Waals surface area contributed by atoms with Crippen molar-refractivity contribution in [3.8, 4) is 34.4 Å². The molecule has 9 aromatic carbocycles. The molecule has 15 aromatic rings. The van der Waals surface area contributed by atoms with Crippen molar-refractivity contribution in [2.24, 2.45) is 0 Å². The zero-order valence-electron chi connectivity index (χ0n) is 35.9. The number of fused-ring (bicyclic) bond motifs is 15. The first-order valence-electron chi connectivity index (χ1n) is 22.6. The van der Waals surface area contributed by atoms with E-state index in [0.717, 1.165) is 111 Å². The summed E-state index contributed by atoms with van der Waals surface area (Å²) >= 11 is 0. The first-order chi connectivity index (χ1) is 33.3. The number of imidazole rings is 2. The molecule has 0 radical (unpaired) electrons. The molecule has 0 aliphatic carbocycles. The Bertz CT molecular complexity index is 4280. The van der Waals surface area contributed by atoms with E-state index in [1.807, 2.05) is 0 Å². The van der Waals surface area contributed by atoms with Crippen molar-refractivity contribution in [1.29, 1.82) is 0 Å². The number of hydrogen-bond donors (Lipinski definition) is 0. The molecule has 0 spiro atoms. The highest BCUT2D eigenvalue weighted by molar-refractivity contribution is 6.18. The molecule has 0 atom stereocenters. The van der Waals surface area contributed by atoms with E-state index in [1.54, 1.807) is 0 Å². The molecule has 312 valence electrons. The Kier molecular flexibility index (Phi) is 7.34. The number of para-hydroxylation sites is 9. The second-order valence-corrected chi connectivity index (χ2v) is 17.3. The Hall–Kier alpha value is -9.27. The molecule has 6 heterocycles. The molecule has 0 aliphatic heterocycles.